The Morgan fingerprint density at radius 2 is 2.03 bits per heavy atom. The van der Waals surface area contributed by atoms with Gasteiger partial charge < -0.3 is 15.1 Å². The van der Waals surface area contributed by atoms with Crippen LogP contribution in [-0.4, -0.2) is 38.4 Å². The normalized spacial score (nSPS) is 10.8. The van der Waals surface area contributed by atoms with Gasteiger partial charge in [0.25, 0.3) is 5.91 Å². The van der Waals surface area contributed by atoms with Crippen LogP contribution in [0.25, 0.3) is 11.6 Å². The zero-order chi connectivity index (χ0) is 21.5. The number of hydrogen-bond donors (Lipinski definition) is 2. The number of anilines is 1. The maximum Gasteiger partial charge on any atom is 0.253 e. The lowest BCUT2D eigenvalue weighted by atomic mass is 10.1. The van der Waals surface area contributed by atoms with Gasteiger partial charge in [0.05, 0.1) is 23.3 Å². The van der Waals surface area contributed by atoms with Crippen LogP contribution in [0.5, 0.6) is 0 Å². The molecule has 3 aromatic rings. The van der Waals surface area contributed by atoms with Gasteiger partial charge in [-0.15, -0.1) is 16.8 Å². The minimum Gasteiger partial charge on any atom is -0.461 e. The van der Waals surface area contributed by atoms with Crippen molar-refractivity contribution in [3.63, 3.8) is 0 Å². The summed E-state index contributed by atoms with van der Waals surface area (Å²) < 4.78 is 7.23. The number of nitrogens with zero attached hydrogens (tertiary/aromatic N) is 3. The highest BCUT2D eigenvalue weighted by molar-refractivity contribution is 7.99. The van der Waals surface area contributed by atoms with E-state index >= 15 is 0 Å². The number of carbonyl (C=O) groups excluding carboxylic acids is 2. The lowest BCUT2D eigenvalue weighted by molar-refractivity contribution is -0.113. The number of amides is 2. The van der Waals surface area contributed by atoms with E-state index < -0.39 is 0 Å². The fraction of sp³-hybridized carbons (Fsp3) is 0.238. The SMILES string of the molecule is C=CCn1c(SCC(=O)Nc2ccccc2C(=O)NC(C)C)nnc1-c1ccco1. The number of para-hydroxylation sites is 1. The molecule has 156 valence electrons. The molecule has 9 heteroatoms. The Kier molecular flexibility index (Phi) is 7.08. The van der Waals surface area contributed by atoms with Gasteiger partial charge >= 0.3 is 0 Å². The molecule has 8 nitrogen and oxygen atoms in total. The molecule has 0 spiro atoms. The van der Waals surface area contributed by atoms with E-state index in [1.54, 1.807) is 48.7 Å². The Labute approximate surface area is 178 Å². The molecule has 2 N–H and O–H groups in total. The summed E-state index contributed by atoms with van der Waals surface area (Å²) in [5, 5.41) is 14.6. The molecule has 0 atom stereocenters. The molecule has 2 heterocycles. The van der Waals surface area contributed by atoms with E-state index in [1.807, 2.05) is 18.4 Å². The quantitative estimate of drug-likeness (QED) is 0.401. The molecule has 0 saturated carbocycles. The van der Waals surface area contributed by atoms with Crippen molar-refractivity contribution in [3.8, 4) is 11.6 Å². The van der Waals surface area contributed by atoms with Crippen LogP contribution in [0.2, 0.25) is 0 Å². The Bertz CT molecular complexity index is 1030. The van der Waals surface area contributed by atoms with Crippen LogP contribution in [0.3, 0.4) is 0 Å². The molecular weight excluding hydrogens is 402 g/mol. The summed E-state index contributed by atoms with van der Waals surface area (Å²) in [6, 6.07) is 10.5. The van der Waals surface area contributed by atoms with E-state index in [0.717, 1.165) is 0 Å². The highest BCUT2D eigenvalue weighted by atomic mass is 32.2. The predicted molar refractivity (Wildman–Crippen MR) is 116 cm³/mol. The molecule has 0 aliphatic heterocycles. The summed E-state index contributed by atoms with van der Waals surface area (Å²) in [7, 11) is 0. The van der Waals surface area contributed by atoms with Crippen LogP contribution in [0.15, 0.2) is 64.9 Å². The second-order valence-electron chi connectivity index (χ2n) is 6.69. The third-order valence-electron chi connectivity index (χ3n) is 3.97. The van der Waals surface area contributed by atoms with Gasteiger partial charge in [-0.05, 0) is 38.1 Å². The van der Waals surface area contributed by atoms with Crippen LogP contribution in [0.4, 0.5) is 5.69 Å². The summed E-state index contributed by atoms with van der Waals surface area (Å²) in [5.74, 6) is 0.775. The summed E-state index contributed by atoms with van der Waals surface area (Å²) >= 11 is 1.24. The van der Waals surface area contributed by atoms with Crippen molar-refractivity contribution >= 4 is 29.3 Å². The number of aromatic nitrogens is 3. The van der Waals surface area contributed by atoms with Crippen molar-refractivity contribution in [3.05, 3.63) is 60.9 Å². The molecule has 0 radical (unpaired) electrons. The van der Waals surface area contributed by atoms with Crippen molar-refractivity contribution in [2.45, 2.75) is 31.6 Å². The number of rotatable bonds is 9. The highest BCUT2D eigenvalue weighted by Crippen LogP contribution is 2.25. The van der Waals surface area contributed by atoms with E-state index in [4.69, 9.17) is 4.42 Å². The van der Waals surface area contributed by atoms with Gasteiger partial charge in [0.1, 0.15) is 0 Å². The van der Waals surface area contributed by atoms with Crippen molar-refractivity contribution in [1.29, 1.82) is 0 Å². The summed E-state index contributed by atoms with van der Waals surface area (Å²) in [6.45, 7) is 8.00. The molecular formula is C21H23N5O3S. The second kappa shape index (κ2) is 9.93. The summed E-state index contributed by atoms with van der Waals surface area (Å²) in [5.41, 5.74) is 0.879. The van der Waals surface area contributed by atoms with Gasteiger partial charge in [0.15, 0.2) is 10.9 Å². The number of allylic oxidation sites excluding steroid dienone is 1. The lowest BCUT2D eigenvalue weighted by Crippen LogP contribution is -2.31. The average Bonchev–Trinajstić information content (AvgIpc) is 3.36. The van der Waals surface area contributed by atoms with Gasteiger partial charge in [-0.2, -0.15) is 0 Å². The fourth-order valence-electron chi connectivity index (χ4n) is 2.72. The maximum atomic E-state index is 12.5. The van der Waals surface area contributed by atoms with Crippen LogP contribution in [-0.2, 0) is 11.3 Å². The smallest absolute Gasteiger partial charge is 0.253 e. The summed E-state index contributed by atoms with van der Waals surface area (Å²) in [4.78, 5) is 24.9. The van der Waals surface area contributed by atoms with Gasteiger partial charge in [0.2, 0.25) is 11.7 Å². The number of furan rings is 1. The minimum absolute atomic E-state index is 0.00334. The molecule has 0 aliphatic carbocycles. The van der Waals surface area contributed by atoms with Crippen LogP contribution in [0.1, 0.15) is 24.2 Å². The van der Waals surface area contributed by atoms with Crippen LogP contribution in [0, 0.1) is 0 Å². The molecule has 0 aliphatic rings. The first kappa shape index (κ1) is 21.4. The van der Waals surface area contributed by atoms with Crippen molar-refractivity contribution in [2.75, 3.05) is 11.1 Å². The average molecular weight is 426 g/mol. The Morgan fingerprint density at radius 3 is 2.73 bits per heavy atom. The number of carbonyl (C=O) groups is 2. The van der Waals surface area contributed by atoms with Crippen molar-refractivity contribution < 1.29 is 14.0 Å². The van der Waals surface area contributed by atoms with E-state index in [9.17, 15) is 9.59 Å². The minimum atomic E-state index is -0.252. The molecule has 1 aromatic carbocycles. The first-order chi connectivity index (χ1) is 14.5. The van der Waals surface area contributed by atoms with Gasteiger partial charge in [0, 0.05) is 12.6 Å². The molecule has 0 fully saturated rings. The number of nitrogens with one attached hydrogen (secondary N) is 2. The third kappa shape index (κ3) is 5.18. The number of benzene rings is 1. The third-order valence-corrected chi connectivity index (χ3v) is 4.93. The van der Waals surface area contributed by atoms with Crippen LogP contribution >= 0.6 is 11.8 Å². The number of hydrogen-bond acceptors (Lipinski definition) is 6. The van der Waals surface area contributed by atoms with Crippen LogP contribution < -0.4 is 10.6 Å². The Morgan fingerprint density at radius 1 is 1.23 bits per heavy atom. The van der Waals surface area contributed by atoms with Gasteiger partial charge in [-0.1, -0.05) is 30.0 Å². The van der Waals surface area contributed by atoms with Crippen molar-refractivity contribution in [1.82, 2.24) is 20.1 Å². The molecule has 30 heavy (non-hydrogen) atoms. The van der Waals surface area contributed by atoms with Gasteiger partial charge in [-0.25, -0.2) is 0 Å². The Balaban J connectivity index is 1.69. The molecule has 0 saturated heterocycles. The molecule has 0 unspecified atom stereocenters. The topological polar surface area (TPSA) is 102 Å². The standard InChI is InChI=1S/C21H23N5O3S/c1-4-11-26-19(17-10-7-12-29-17)24-25-21(26)30-13-18(27)23-16-9-6-5-8-15(16)20(28)22-14(2)3/h4-10,12,14H,1,11,13H2,2-3H3,(H,22,28)(H,23,27). The number of thioether (sulfide) groups is 1. The van der Waals surface area contributed by atoms with E-state index in [2.05, 4.69) is 27.4 Å². The lowest BCUT2D eigenvalue weighted by Gasteiger charge is -2.13. The molecule has 2 aromatic heterocycles. The zero-order valence-electron chi connectivity index (χ0n) is 16.8. The highest BCUT2D eigenvalue weighted by Gasteiger charge is 2.18. The second-order valence-corrected chi connectivity index (χ2v) is 7.64. The maximum absolute atomic E-state index is 12.5. The zero-order valence-corrected chi connectivity index (χ0v) is 17.6. The van der Waals surface area contributed by atoms with E-state index in [1.165, 1.54) is 11.8 Å². The van der Waals surface area contributed by atoms with Crippen molar-refractivity contribution in [2.24, 2.45) is 0 Å². The fourth-order valence-corrected chi connectivity index (χ4v) is 3.47. The Hall–Kier alpha value is -3.33. The van der Waals surface area contributed by atoms with E-state index in [0.29, 0.717) is 34.5 Å². The summed E-state index contributed by atoms with van der Waals surface area (Å²) in [6.07, 6.45) is 3.29. The first-order valence-corrected chi connectivity index (χ1v) is 10.4. The molecule has 3 rings (SSSR count). The monoisotopic (exact) mass is 425 g/mol. The predicted octanol–water partition coefficient (Wildman–Crippen LogP) is 3.59. The first-order valence-electron chi connectivity index (χ1n) is 9.40. The largest absolute Gasteiger partial charge is 0.461 e. The van der Waals surface area contributed by atoms with E-state index in [-0.39, 0.29) is 23.6 Å². The van der Waals surface area contributed by atoms with Gasteiger partial charge in [-0.3, -0.25) is 14.2 Å². The molecule has 2 amide bonds. The molecule has 0 bridgehead atoms.